The van der Waals surface area contributed by atoms with E-state index < -0.39 is 41.9 Å². The van der Waals surface area contributed by atoms with Crippen molar-refractivity contribution in [3.05, 3.63) is 35.6 Å². The molecule has 26 heavy (non-hydrogen) atoms. The predicted octanol–water partition coefficient (Wildman–Crippen LogP) is 2.53. The van der Waals surface area contributed by atoms with E-state index in [0.717, 1.165) is 0 Å². The highest BCUT2D eigenvalue weighted by atomic mass is 19.4. The van der Waals surface area contributed by atoms with Gasteiger partial charge in [-0.25, -0.2) is 4.39 Å². The van der Waals surface area contributed by atoms with Crippen molar-refractivity contribution in [2.75, 3.05) is 13.1 Å². The van der Waals surface area contributed by atoms with Gasteiger partial charge >= 0.3 is 18.1 Å². The van der Waals surface area contributed by atoms with Gasteiger partial charge in [0.1, 0.15) is 11.9 Å². The van der Waals surface area contributed by atoms with E-state index in [2.05, 4.69) is 0 Å². The van der Waals surface area contributed by atoms with E-state index in [9.17, 15) is 32.3 Å². The van der Waals surface area contributed by atoms with Crippen molar-refractivity contribution in [2.24, 2.45) is 0 Å². The molecule has 1 aliphatic heterocycles. The first-order chi connectivity index (χ1) is 12.1. The van der Waals surface area contributed by atoms with E-state index in [1.165, 1.54) is 24.3 Å². The van der Waals surface area contributed by atoms with Crippen LogP contribution in [0.2, 0.25) is 0 Å². The van der Waals surface area contributed by atoms with Crippen LogP contribution in [0.5, 0.6) is 0 Å². The number of carboxylic acid groups (broad SMARTS) is 1. The molecule has 1 fully saturated rings. The summed E-state index contributed by atoms with van der Waals surface area (Å²) in [5.41, 5.74) is 0.599. The van der Waals surface area contributed by atoms with Crippen molar-refractivity contribution in [3.63, 3.8) is 0 Å². The number of carboxylic acids is 1. The summed E-state index contributed by atoms with van der Waals surface area (Å²) in [6, 6.07) is 3.58. The Morgan fingerprint density at radius 1 is 1.31 bits per heavy atom. The Balaban J connectivity index is 2.25. The van der Waals surface area contributed by atoms with Crippen LogP contribution >= 0.6 is 0 Å². The minimum absolute atomic E-state index is 0.0331. The van der Waals surface area contributed by atoms with Crippen LogP contribution in [0, 0.1) is 5.82 Å². The molecule has 2 rings (SSSR count). The Labute approximate surface area is 148 Å². The van der Waals surface area contributed by atoms with Gasteiger partial charge in [-0.05, 0) is 37.1 Å². The van der Waals surface area contributed by atoms with Crippen LogP contribution in [-0.2, 0) is 9.59 Å². The van der Waals surface area contributed by atoms with Gasteiger partial charge in [-0.1, -0.05) is 19.1 Å². The Bertz CT molecular complexity index is 648. The number of halogens is 4. The molecular weight excluding hydrogens is 356 g/mol. The van der Waals surface area contributed by atoms with Crippen molar-refractivity contribution >= 4 is 11.9 Å². The number of aliphatic carboxylic acids is 1. The van der Waals surface area contributed by atoms with Crippen molar-refractivity contribution in [1.82, 2.24) is 10.2 Å². The molecule has 0 spiro atoms. The second-order valence-electron chi connectivity index (χ2n) is 6.28. The number of likely N-dealkylation sites (tertiary alicyclic amines) is 1. The van der Waals surface area contributed by atoms with Gasteiger partial charge in [-0.2, -0.15) is 13.2 Å². The maximum atomic E-state index is 13.1. The highest BCUT2D eigenvalue weighted by Gasteiger charge is 2.43. The summed E-state index contributed by atoms with van der Waals surface area (Å²) in [5.74, 6) is -4.07. The number of carbonyl (C=O) groups excluding carboxylic acids is 1. The number of benzene rings is 1. The molecular formula is C17H20F4N2O3. The lowest BCUT2D eigenvalue weighted by Gasteiger charge is -2.41. The van der Waals surface area contributed by atoms with E-state index in [-0.39, 0.29) is 13.0 Å². The third kappa shape index (κ3) is 4.72. The second kappa shape index (κ2) is 8.03. The molecule has 1 aliphatic rings. The normalized spacial score (nSPS) is 22.7. The minimum Gasteiger partial charge on any atom is -0.480 e. The molecule has 0 bridgehead atoms. The summed E-state index contributed by atoms with van der Waals surface area (Å²) < 4.78 is 51.1. The van der Waals surface area contributed by atoms with Crippen molar-refractivity contribution in [3.8, 4) is 0 Å². The molecule has 0 saturated carbocycles. The van der Waals surface area contributed by atoms with Crippen molar-refractivity contribution in [1.29, 1.82) is 0 Å². The van der Waals surface area contributed by atoms with Gasteiger partial charge in [0.05, 0.1) is 0 Å². The van der Waals surface area contributed by atoms with E-state index in [0.29, 0.717) is 18.5 Å². The molecule has 9 heteroatoms. The maximum absolute atomic E-state index is 13.1. The number of amides is 1. The lowest BCUT2D eigenvalue weighted by molar-refractivity contribution is -0.175. The van der Waals surface area contributed by atoms with Gasteiger partial charge < -0.3 is 10.4 Å². The summed E-state index contributed by atoms with van der Waals surface area (Å²) in [4.78, 5) is 24.3. The number of alkyl halides is 3. The number of hydrogen-bond acceptors (Lipinski definition) is 3. The SMILES string of the molecule is CCC(C(=O)O)N1CCC(c2ccc(F)cc2)C(NC(=O)C(F)(F)F)C1. The molecule has 144 valence electrons. The van der Waals surface area contributed by atoms with Crippen LogP contribution in [0.15, 0.2) is 24.3 Å². The summed E-state index contributed by atoms with van der Waals surface area (Å²) in [7, 11) is 0. The number of piperidine rings is 1. The highest BCUT2D eigenvalue weighted by molar-refractivity contribution is 5.82. The Morgan fingerprint density at radius 2 is 1.92 bits per heavy atom. The van der Waals surface area contributed by atoms with Crippen LogP contribution in [0.25, 0.3) is 0 Å². The number of carbonyl (C=O) groups is 2. The van der Waals surface area contributed by atoms with E-state index in [4.69, 9.17) is 0 Å². The van der Waals surface area contributed by atoms with E-state index in [1.807, 2.05) is 5.32 Å². The molecule has 1 amide bonds. The highest BCUT2D eigenvalue weighted by Crippen LogP contribution is 2.31. The molecule has 0 aliphatic carbocycles. The molecule has 1 aromatic carbocycles. The summed E-state index contributed by atoms with van der Waals surface area (Å²) >= 11 is 0. The Morgan fingerprint density at radius 3 is 2.42 bits per heavy atom. The summed E-state index contributed by atoms with van der Waals surface area (Å²) in [6.45, 7) is 1.99. The Kier molecular flexibility index (Phi) is 6.22. The lowest BCUT2D eigenvalue weighted by Crippen LogP contribution is -2.57. The van der Waals surface area contributed by atoms with Crippen LogP contribution in [0.4, 0.5) is 17.6 Å². The molecule has 0 radical (unpaired) electrons. The number of nitrogens with zero attached hydrogens (tertiary/aromatic N) is 1. The molecule has 2 N–H and O–H groups in total. The fourth-order valence-corrected chi connectivity index (χ4v) is 3.35. The molecule has 1 heterocycles. The van der Waals surface area contributed by atoms with Gasteiger partial charge in [-0.3, -0.25) is 14.5 Å². The fraction of sp³-hybridized carbons (Fsp3) is 0.529. The monoisotopic (exact) mass is 376 g/mol. The van der Waals surface area contributed by atoms with Gasteiger partial charge in [-0.15, -0.1) is 0 Å². The van der Waals surface area contributed by atoms with Crippen LogP contribution in [0.3, 0.4) is 0 Å². The van der Waals surface area contributed by atoms with E-state index >= 15 is 0 Å². The number of rotatable bonds is 5. The lowest BCUT2D eigenvalue weighted by atomic mass is 9.84. The molecule has 3 unspecified atom stereocenters. The smallest absolute Gasteiger partial charge is 0.471 e. The third-order valence-electron chi connectivity index (χ3n) is 4.63. The summed E-state index contributed by atoms with van der Waals surface area (Å²) in [5, 5.41) is 11.3. The predicted molar refractivity (Wildman–Crippen MR) is 85.0 cm³/mol. The standard InChI is InChI=1S/C17H20F4N2O3/c1-2-14(15(24)25)23-8-7-12(10-3-5-11(18)6-4-10)13(9-23)22-16(26)17(19,20)21/h3-6,12-14H,2,7-9H2,1H3,(H,22,26)(H,24,25). The van der Waals surface area contributed by atoms with Gasteiger partial charge in [0.2, 0.25) is 0 Å². The van der Waals surface area contributed by atoms with Gasteiger partial charge in [0, 0.05) is 18.5 Å². The average molecular weight is 376 g/mol. The third-order valence-corrected chi connectivity index (χ3v) is 4.63. The van der Waals surface area contributed by atoms with E-state index in [1.54, 1.807) is 11.8 Å². The van der Waals surface area contributed by atoms with Crippen LogP contribution < -0.4 is 5.32 Å². The number of nitrogens with one attached hydrogen (secondary N) is 1. The zero-order valence-electron chi connectivity index (χ0n) is 14.1. The van der Waals surface area contributed by atoms with Gasteiger partial charge in [0.25, 0.3) is 0 Å². The molecule has 0 aromatic heterocycles. The van der Waals surface area contributed by atoms with Gasteiger partial charge in [0.15, 0.2) is 0 Å². The minimum atomic E-state index is -5.04. The Hall–Kier alpha value is -2.16. The first kappa shape index (κ1) is 20.2. The number of hydrogen-bond donors (Lipinski definition) is 2. The quantitative estimate of drug-likeness (QED) is 0.775. The molecule has 3 atom stereocenters. The largest absolute Gasteiger partial charge is 0.480 e. The van der Waals surface area contributed by atoms with Crippen LogP contribution in [0.1, 0.15) is 31.2 Å². The topological polar surface area (TPSA) is 69.6 Å². The van der Waals surface area contributed by atoms with Crippen molar-refractivity contribution in [2.45, 2.75) is 43.9 Å². The summed E-state index contributed by atoms with van der Waals surface area (Å²) in [6.07, 6.45) is -4.40. The molecule has 1 aromatic rings. The zero-order chi connectivity index (χ0) is 19.5. The first-order valence-corrected chi connectivity index (χ1v) is 8.23. The maximum Gasteiger partial charge on any atom is 0.471 e. The molecule has 1 saturated heterocycles. The zero-order valence-corrected chi connectivity index (χ0v) is 14.1. The molecule has 5 nitrogen and oxygen atoms in total. The fourth-order valence-electron chi connectivity index (χ4n) is 3.35. The second-order valence-corrected chi connectivity index (χ2v) is 6.28. The first-order valence-electron chi connectivity index (χ1n) is 8.23. The average Bonchev–Trinajstić information content (AvgIpc) is 2.55. The van der Waals surface area contributed by atoms with Crippen LogP contribution in [-0.4, -0.2) is 53.2 Å². The van der Waals surface area contributed by atoms with Crippen molar-refractivity contribution < 1.29 is 32.3 Å².